The van der Waals surface area contributed by atoms with Gasteiger partial charge >= 0.3 is 5.69 Å². The lowest BCUT2D eigenvalue weighted by atomic mass is 9.95. The van der Waals surface area contributed by atoms with Gasteiger partial charge in [0.05, 0.1) is 24.1 Å². The van der Waals surface area contributed by atoms with Crippen molar-refractivity contribution in [3.63, 3.8) is 0 Å². The van der Waals surface area contributed by atoms with Crippen LogP contribution in [0.2, 0.25) is 0 Å². The molecule has 0 saturated carbocycles. The molecule has 0 bridgehead atoms. The fourth-order valence-corrected chi connectivity index (χ4v) is 3.22. The van der Waals surface area contributed by atoms with E-state index in [1.807, 2.05) is 12.1 Å². The lowest BCUT2D eigenvalue weighted by molar-refractivity contribution is -0.0247. The van der Waals surface area contributed by atoms with Gasteiger partial charge in [-0.1, -0.05) is 19.1 Å². The van der Waals surface area contributed by atoms with Gasteiger partial charge in [-0.25, -0.2) is 4.79 Å². The number of nitrogens with one attached hydrogen (secondary N) is 1. The zero-order valence-electron chi connectivity index (χ0n) is 13.7. The normalized spacial score (nSPS) is 18.9. The lowest BCUT2D eigenvalue weighted by Gasteiger charge is -2.43. The molecule has 3 rings (SSSR count). The molecule has 0 spiro atoms. The van der Waals surface area contributed by atoms with E-state index in [-0.39, 0.29) is 16.8 Å². The minimum atomic E-state index is -0.346. The van der Waals surface area contributed by atoms with Crippen LogP contribution in [0.15, 0.2) is 33.9 Å². The van der Waals surface area contributed by atoms with Crippen molar-refractivity contribution in [1.82, 2.24) is 14.5 Å². The maximum Gasteiger partial charge on any atom is 0.328 e. The van der Waals surface area contributed by atoms with E-state index in [0.717, 1.165) is 19.5 Å². The van der Waals surface area contributed by atoms with Crippen LogP contribution in [0.3, 0.4) is 0 Å². The van der Waals surface area contributed by atoms with Gasteiger partial charge < -0.3 is 9.72 Å². The fraction of sp³-hybridized carbons (Fsp3) is 0.529. The number of fused-ring (bicyclic) bond motifs is 1. The van der Waals surface area contributed by atoms with Crippen molar-refractivity contribution in [2.24, 2.45) is 0 Å². The highest BCUT2D eigenvalue weighted by molar-refractivity contribution is 5.76. The van der Waals surface area contributed by atoms with Crippen LogP contribution in [-0.2, 0) is 11.3 Å². The second-order valence-corrected chi connectivity index (χ2v) is 6.32. The molecule has 0 aliphatic carbocycles. The molecule has 6 nitrogen and oxygen atoms in total. The van der Waals surface area contributed by atoms with E-state index < -0.39 is 0 Å². The molecular weight excluding hydrogens is 294 g/mol. The van der Waals surface area contributed by atoms with Gasteiger partial charge in [0.15, 0.2) is 0 Å². The molecule has 1 saturated heterocycles. The Labute approximate surface area is 134 Å². The first-order chi connectivity index (χ1) is 11.0. The molecule has 0 amide bonds. The van der Waals surface area contributed by atoms with Gasteiger partial charge in [0.1, 0.15) is 0 Å². The van der Waals surface area contributed by atoms with E-state index in [1.165, 1.54) is 4.57 Å². The van der Waals surface area contributed by atoms with E-state index in [0.29, 0.717) is 30.7 Å². The fourth-order valence-electron chi connectivity index (χ4n) is 3.22. The minimum absolute atomic E-state index is 0.225. The van der Waals surface area contributed by atoms with Crippen LogP contribution in [0.25, 0.3) is 10.9 Å². The maximum absolute atomic E-state index is 12.7. The SMILES string of the molecule is CC[C@@](C)(Cn1c(=O)[nH]c2ccccc2c1=O)N1CCOCC1. The smallest absolute Gasteiger partial charge is 0.328 e. The second kappa shape index (κ2) is 6.29. The van der Waals surface area contributed by atoms with Gasteiger partial charge in [0, 0.05) is 25.2 Å². The number of ether oxygens (including phenoxy) is 1. The maximum atomic E-state index is 12.7. The van der Waals surface area contributed by atoms with Crippen LogP contribution in [0.1, 0.15) is 20.3 Å². The van der Waals surface area contributed by atoms with E-state index >= 15 is 0 Å². The first-order valence-corrected chi connectivity index (χ1v) is 8.10. The zero-order valence-corrected chi connectivity index (χ0v) is 13.7. The van der Waals surface area contributed by atoms with Crippen LogP contribution >= 0.6 is 0 Å². The standard InChI is InChI=1S/C17H23N3O3/c1-3-17(2,19-8-10-23-11-9-19)12-20-15(21)13-6-4-5-7-14(13)18-16(20)22/h4-7H,3,8-12H2,1-2H3,(H,18,22)/t17-/m0/s1. The Kier molecular flexibility index (Phi) is 4.37. The van der Waals surface area contributed by atoms with Gasteiger partial charge in [-0.3, -0.25) is 14.3 Å². The monoisotopic (exact) mass is 317 g/mol. The summed E-state index contributed by atoms with van der Waals surface area (Å²) in [7, 11) is 0. The molecule has 0 unspecified atom stereocenters. The molecule has 1 aliphatic heterocycles. The number of rotatable bonds is 4. The molecule has 1 N–H and O–H groups in total. The summed E-state index contributed by atoms with van der Waals surface area (Å²) in [6.07, 6.45) is 0.853. The molecule has 1 aromatic carbocycles. The van der Waals surface area contributed by atoms with E-state index in [4.69, 9.17) is 4.74 Å². The van der Waals surface area contributed by atoms with Gasteiger partial charge in [-0.2, -0.15) is 0 Å². The average Bonchev–Trinajstić information content (AvgIpc) is 2.59. The number of nitrogens with zero attached hydrogens (tertiary/aromatic N) is 2. The first kappa shape index (κ1) is 16.0. The predicted molar refractivity (Wildman–Crippen MR) is 89.9 cm³/mol. The van der Waals surface area contributed by atoms with Crippen molar-refractivity contribution in [2.75, 3.05) is 26.3 Å². The molecule has 2 heterocycles. The van der Waals surface area contributed by atoms with Crippen molar-refractivity contribution in [3.8, 4) is 0 Å². The molecule has 1 fully saturated rings. The summed E-state index contributed by atoms with van der Waals surface area (Å²) in [4.78, 5) is 30.3. The summed E-state index contributed by atoms with van der Waals surface area (Å²) in [5.41, 5.74) is -0.231. The van der Waals surface area contributed by atoms with Crippen LogP contribution in [0.4, 0.5) is 0 Å². The summed E-state index contributed by atoms with van der Waals surface area (Å²) >= 11 is 0. The second-order valence-electron chi connectivity index (χ2n) is 6.32. The highest BCUT2D eigenvalue weighted by Crippen LogP contribution is 2.22. The Morgan fingerprint density at radius 2 is 1.91 bits per heavy atom. The number of hydrogen-bond acceptors (Lipinski definition) is 4. The number of aromatic amines is 1. The van der Waals surface area contributed by atoms with Gasteiger partial charge in [0.25, 0.3) is 5.56 Å². The van der Waals surface area contributed by atoms with E-state index in [9.17, 15) is 9.59 Å². The molecule has 124 valence electrons. The summed E-state index contributed by atoms with van der Waals surface area (Å²) < 4.78 is 6.75. The minimum Gasteiger partial charge on any atom is -0.379 e. The number of hydrogen-bond donors (Lipinski definition) is 1. The number of morpholine rings is 1. The molecule has 23 heavy (non-hydrogen) atoms. The third kappa shape index (κ3) is 2.96. The molecule has 1 aliphatic rings. The third-order valence-electron chi connectivity index (χ3n) is 4.92. The number of benzene rings is 1. The third-order valence-corrected chi connectivity index (χ3v) is 4.92. The van der Waals surface area contributed by atoms with Crippen molar-refractivity contribution in [1.29, 1.82) is 0 Å². The van der Waals surface area contributed by atoms with Crippen molar-refractivity contribution in [3.05, 3.63) is 45.1 Å². The lowest BCUT2D eigenvalue weighted by Crippen LogP contribution is -2.56. The zero-order chi connectivity index (χ0) is 16.4. The summed E-state index contributed by atoms with van der Waals surface area (Å²) in [6, 6.07) is 7.13. The van der Waals surface area contributed by atoms with Crippen molar-refractivity contribution >= 4 is 10.9 Å². The molecule has 1 aromatic heterocycles. The van der Waals surface area contributed by atoms with Crippen molar-refractivity contribution < 1.29 is 4.74 Å². The molecule has 1 atom stereocenters. The molecule has 6 heteroatoms. The average molecular weight is 317 g/mol. The van der Waals surface area contributed by atoms with Crippen LogP contribution in [0, 0.1) is 0 Å². The summed E-state index contributed by atoms with van der Waals surface area (Å²) in [5, 5.41) is 0.549. The summed E-state index contributed by atoms with van der Waals surface area (Å²) in [5.74, 6) is 0. The Balaban J connectivity index is 2.02. The van der Waals surface area contributed by atoms with Gasteiger partial charge in [0.2, 0.25) is 0 Å². The Morgan fingerprint density at radius 3 is 2.61 bits per heavy atom. The van der Waals surface area contributed by atoms with Gasteiger partial charge in [-0.15, -0.1) is 0 Å². The predicted octanol–water partition coefficient (Wildman–Crippen LogP) is 1.19. The molecule has 2 aromatic rings. The number of aromatic nitrogens is 2. The highest BCUT2D eigenvalue weighted by atomic mass is 16.5. The highest BCUT2D eigenvalue weighted by Gasteiger charge is 2.32. The Morgan fingerprint density at radius 1 is 1.22 bits per heavy atom. The quantitative estimate of drug-likeness (QED) is 0.920. The van der Waals surface area contributed by atoms with Crippen LogP contribution < -0.4 is 11.2 Å². The largest absolute Gasteiger partial charge is 0.379 e. The van der Waals surface area contributed by atoms with E-state index in [2.05, 4.69) is 23.7 Å². The topological polar surface area (TPSA) is 67.3 Å². The Bertz CT molecular complexity index is 805. The van der Waals surface area contributed by atoms with E-state index in [1.54, 1.807) is 12.1 Å². The van der Waals surface area contributed by atoms with Crippen LogP contribution in [0.5, 0.6) is 0 Å². The van der Waals surface area contributed by atoms with Crippen molar-refractivity contribution in [2.45, 2.75) is 32.4 Å². The number of H-pyrrole nitrogens is 1. The van der Waals surface area contributed by atoms with Gasteiger partial charge in [-0.05, 0) is 25.5 Å². The van der Waals surface area contributed by atoms with Crippen LogP contribution in [-0.4, -0.2) is 46.3 Å². The molecule has 0 radical (unpaired) electrons. The first-order valence-electron chi connectivity index (χ1n) is 8.10. The summed E-state index contributed by atoms with van der Waals surface area (Å²) in [6.45, 7) is 7.61. The molecular formula is C17H23N3O3. The number of para-hydroxylation sites is 1. The Hall–Kier alpha value is -1.92.